The smallest absolute Gasteiger partial charge is 0.303 e. The van der Waals surface area contributed by atoms with Crippen LogP contribution in [-0.4, -0.2) is 116 Å². The summed E-state index contributed by atoms with van der Waals surface area (Å²) in [6.45, 7) is 6.41. The first kappa shape index (κ1) is 40.8. The zero-order valence-electron chi connectivity index (χ0n) is 29.1. The molecular formula is C33H42O18. The Morgan fingerprint density at radius 2 is 0.882 bits per heavy atom. The standard InChI is InChI=1S/C33H42O18/c1-16(34)41-14-24-26(44-18(3)36)28(45-19(4)37)31(48-22(7)40)33(50-24)51-27-25(15-42-17(2)35)49-32(43-13-23-11-9-8-10-12-23)30(47-21(6)39)29(27)46-20(5)38/h8-12,24-33H,13-15H2,1-7H3/t24?,25?,26-,27+,28-,29-,30-,31-,32+,33-/m0/s1. The fourth-order valence-corrected chi connectivity index (χ4v) is 5.36. The monoisotopic (exact) mass is 726 g/mol. The summed E-state index contributed by atoms with van der Waals surface area (Å²) in [5, 5.41) is 0. The zero-order chi connectivity index (χ0) is 37.8. The maximum atomic E-state index is 12.5. The second kappa shape index (κ2) is 19.1. The molecule has 0 radical (unpaired) electrons. The third-order valence-electron chi connectivity index (χ3n) is 7.14. The molecule has 2 aliphatic rings. The van der Waals surface area contributed by atoms with Crippen LogP contribution < -0.4 is 0 Å². The van der Waals surface area contributed by atoms with Crippen molar-refractivity contribution in [2.75, 3.05) is 13.2 Å². The molecule has 51 heavy (non-hydrogen) atoms. The number of benzene rings is 1. The van der Waals surface area contributed by atoms with E-state index in [2.05, 4.69) is 0 Å². The molecule has 3 rings (SSSR count). The van der Waals surface area contributed by atoms with E-state index in [1.807, 2.05) is 0 Å². The van der Waals surface area contributed by atoms with Crippen LogP contribution in [0.5, 0.6) is 0 Å². The third kappa shape index (κ3) is 12.6. The summed E-state index contributed by atoms with van der Waals surface area (Å²) in [4.78, 5) is 85.4. The van der Waals surface area contributed by atoms with Gasteiger partial charge in [-0.05, 0) is 5.56 Å². The quantitative estimate of drug-likeness (QED) is 0.191. The molecule has 2 heterocycles. The van der Waals surface area contributed by atoms with Crippen molar-refractivity contribution in [1.82, 2.24) is 0 Å². The van der Waals surface area contributed by atoms with Gasteiger partial charge < -0.3 is 52.1 Å². The third-order valence-corrected chi connectivity index (χ3v) is 7.14. The Morgan fingerprint density at radius 1 is 0.490 bits per heavy atom. The first-order valence-electron chi connectivity index (χ1n) is 15.8. The lowest BCUT2D eigenvalue weighted by atomic mass is 9.96. The van der Waals surface area contributed by atoms with E-state index in [9.17, 15) is 33.6 Å². The van der Waals surface area contributed by atoms with Crippen LogP contribution >= 0.6 is 0 Å². The molecular weight excluding hydrogens is 684 g/mol. The van der Waals surface area contributed by atoms with Crippen molar-refractivity contribution in [2.45, 2.75) is 116 Å². The lowest BCUT2D eigenvalue weighted by Gasteiger charge is -2.48. The van der Waals surface area contributed by atoms with Gasteiger partial charge in [0.05, 0.1) is 6.61 Å². The predicted molar refractivity (Wildman–Crippen MR) is 164 cm³/mol. The minimum Gasteiger partial charge on any atom is -0.463 e. The number of carbonyl (C=O) groups is 7. The van der Waals surface area contributed by atoms with Gasteiger partial charge in [-0.15, -0.1) is 0 Å². The highest BCUT2D eigenvalue weighted by molar-refractivity contribution is 5.69. The largest absolute Gasteiger partial charge is 0.463 e. The van der Waals surface area contributed by atoms with E-state index in [0.29, 0.717) is 5.56 Å². The van der Waals surface area contributed by atoms with E-state index >= 15 is 0 Å². The lowest BCUT2D eigenvalue weighted by molar-refractivity contribution is -0.362. The second-order valence-corrected chi connectivity index (χ2v) is 11.5. The minimum absolute atomic E-state index is 0.0540. The Kier molecular flexibility index (Phi) is 15.3. The molecule has 2 fully saturated rings. The average Bonchev–Trinajstić information content (AvgIpc) is 3.02. The molecule has 0 saturated carbocycles. The molecule has 0 aromatic heterocycles. The van der Waals surface area contributed by atoms with Crippen molar-refractivity contribution in [3.05, 3.63) is 35.9 Å². The normalized spacial score (nSPS) is 28.7. The summed E-state index contributed by atoms with van der Waals surface area (Å²) in [7, 11) is 0. The highest BCUT2D eigenvalue weighted by Crippen LogP contribution is 2.35. The van der Waals surface area contributed by atoms with Gasteiger partial charge >= 0.3 is 41.8 Å². The molecule has 2 saturated heterocycles. The zero-order valence-corrected chi connectivity index (χ0v) is 29.1. The van der Waals surface area contributed by atoms with Crippen molar-refractivity contribution in [1.29, 1.82) is 0 Å². The van der Waals surface area contributed by atoms with Crippen molar-refractivity contribution < 1.29 is 85.7 Å². The Morgan fingerprint density at radius 3 is 1.35 bits per heavy atom. The molecule has 0 aliphatic carbocycles. The van der Waals surface area contributed by atoms with E-state index in [-0.39, 0.29) is 6.61 Å². The van der Waals surface area contributed by atoms with E-state index in [4.69, 9.17) is 52.1 Å². The van der Waals surface area contributed by atoms with E-state index < -0.39 is 116 Å². The number of carbonyl (C=O) groups excluding carboxylic acids is 7. The van der Waals surface area contributed by atoms with Gasteiger partial charge in [0.2, 0.25) is 0 Å². The molecule has 18 heteroatoms. The highest BCUT2D eigenvalue weighted by Gasteiger charge is 2.57. The van der Waals surface area contributed by atoms with Gasteiger partial charge in [-0.1, -0.05) is 30.3 Å². The Hall–Kier alpha value is -4.65. The molecule has 282 valence electrons. The van der Waals surface area contributed by atoms with Crippen LogP contribution in [0.2, 0.25) is 0 Å². The van der Waals surface area contributed by atoms with Crippen molar-refractivity contribution in [3.8, 4) is 0 Å². The van der Waals surface area contributed by atoms with Crippen LogP contribution in [0.4, 0.5) is 0 Å². The van der Waals surface area contributed by atoms with Gasteiger partial charge in [-0.25, -0.2) is 0 Å². The molecule has 18 nitrogen and oxygen atoms in total. The summed E-state index contributed by atoms with van der Waals surface area (Å²) in [5.41, 5.74) is 0.708. The summed E-state index contributed by atoms with van der Waals surface area (Å²) < 4.78 is 62.4. The summed E-state index contributed by atoms with van der Waals surface area (Å²) in [5.74, 6) is -5.79. The molecule has 10 atom stereocenters. The maximum absolute atomic E-state index is 12.5. The molecule has 0 N–H and O–H groups in total. The molecule has 1 aromatic rings. The van der Waals surface area contributed by atoms with Gasteiger partial charge in [0, 0.05) is 48.5 Å². The van der Waals surface area contributed by atoms with E-state index in [1.165, 1.54) is 0 Å². The van der Waals surface area contributed by atoms with Crippen molar-refractivity contribution >= 4 is 41.8 Å². The second-order valence-electron chi connectivity index (χ2n) is 11.5. The van der Waals surface area contributed by atoms with Gasteiger partial charge in [-0.2, -0.15) is 0 Å². The van der Waals surface area contributed by atoms with Crippen LogP contribution in [0.1, 0.15) is 54.0 Å². The number of rotatable bonds is 14. The maximum Gasteiger partial charge on any atom is 0.303 e. The molecule has 0 amide bonds. The van der Waals surface area contributed by atoms with E-state index in [0.717, 1.165) is 48.5 Å². The first-order chi connectivity index (χ1) is 24.0. The predicted octanol–water partition coefficient (Wildman–Crippen LogP) is 0.823. The molecule has 0 bridgehead atoms. The van der Waals surface area contributed by atoms with Crippen molar-refractivity contribution in [2.24, 2.45) is 0 Å². The van der Waals surface area contributed by atoms with Crippen molar-refractivity contribution in [3.63, 3.8) is 0 Å². The Balaban J connectivity index is 2.13. The molecule has 2 aliphatic heterocycles. The summed E-state index contributed by atoms with van der Waals surface area (Å²) >= 11 is 0. The Labute approximate surface area is 293 Å². The van der Waals surface area contributed by atoms with Gasteiger partial charge in [0.1, 0.15) is 31.5 Å². The number of ether oxygens (including phenoxy) is 11. The van der Waals surface area contributed by atoms with Crippen LogP contribution in [0.3, 0.4) is 0 Å². The summed E-state index contributed by atoms with van der Waals surface area (Å²) in [6.07, 6.45) is -15.4. The molecule has 1 aromatic carbocycles. The van der Waals surface area contributed by atoms with Gasteiger partial charge in [0.25, 0.3) is 0 Å². The van der Waals surface area contributed by atoms with Crippen LogP contribution in [0, 0.1) is 0 Å². The molecule has 0 spiro atoms. The van der Waals surface area contributed by atoms with Gasteiger partial charge in [0.15, 0.2) is 43.1 Å². The number of hydrogen-bond acceptors (Lipinski definition) is 18. The van der Waals surface area contributed by atoms with Crippen LogP contribution in [-0.2, 0) is 92.3 Å². The topological polar surface area (TPSA) is 221 Å². The summed E-state index contributed by atoms with van der Waals surface area (Å²) in [6, 6.07) is 8.86. The first-order valence-corrected chi connectivity index (χ1v) is 15.8. The number of esters is 7. The van der Waals surface area contributed by atoms with E-state index in [1.54, 1.807) is 30.3 Å². The SMILES string of the molecule is CC(=O)OCC1O[C@@H](OCc2ccccc2)[C@@H](OC(C)=O)[C@@H](OC(C)=O)[C@@H]1O[C@@H]1OC(COC(C)=O)[C@H](OC(C)=O)[C@H](OC(C)=O)[C@@H]1OC(C)=O. The fourth-order valence-electron chi connectivity index (χ4n) is 5.36. The van der Waals surface area contributed by atoms with Crippen LogP contribution in [0.15, 0.2) is 30.3 Å². The van der Waals surface area contributed by atoms with Crippen LogP contribution in [0.25, 0.3) is 0 Å². The highest BCUT2D eigenvalue weighted by atomic mass is 16.8. The number of hydrogen-bond donors (Lipinski definition) is 0. The Bertz CT molecular complexity index is 1400. The molecule has 2 unspecified atom stereocenters. The fraction of sp³-hybridized carbons (Fsp3) is 0.606. The lowest BCUT2D eigenvalue weighted by Crippen LogP contribution is -2.67. The average molecular weight is 727 g/mol. The minimum atomic E-state index is -1.78. The van der Waals surface area contributed by atoms with Gasteiger partial charge in [-0.3, -0.25) is 33.6 Å².